The number of hydrogen-bond donors (Lipinski definition) is 1. The molecule has 0 saturated carbocycles. The Morgan fingerprint density at radius 2 is 2.06 bits per heavy atom. The molecular formula is C14H20N2O2. The molecule has 2 aliphatic rings. The van der Waals surface area contributed by atoms with Gasteiger partial charge in [-0.1, -0.05) is 12.1 Å². The zero-order valence-electron chi connectivity index (χ0n) is 10.6. The van der Waals surface area contributed by atoms with Crippen LogP contribution in [0.1, 0.15) is 17.2 Å². The van der Waals surface area contributed by atoms with E-state index in [-0.39, 0.29) is 0 Å². The van der Waals surface area contributed by atoms with Gasteiger partial charge in [0.2, 0.25) is 0 Å². The van der Waals surface area contributed by atoms with Gasteiger partial charge in [-0.3, -0.25) is 4.90 Å². The van der Waals surface area contributed by atoms with E-state index in [1.54, 1.807) is 0 Å². The number of nitrogens with two attached hydrogens (primary N) is 1. The number of hydrogen-bond acceptors (Lipinski definition) is 4. The molecule has 4 heteroatoms. The molecule has 0 radical (unpaired) electrons. The third kappa shape index (κ3) is 2.23. The maximum atomic E-state index is 5.97. The SMILES string of the molecule is NC[C@H](c1ccc2c(c1)CCO2)N1CCOCC1. The monoisotopic (exact) mass is 248 g/mol. The second-order valence-corrected chi connectivity index (χ2v) is 4.87. The van der Waals surface area contributed by atoms with Gasteiger partial charge in [-0.25, -0.2) is 0 Å². The van der Waals surface area contributed by atoms with Crippen LogP contribution in [-0.2, 0) is 11.2 Å². The van der Waals surface area contributed by atoms with Crippen LogP contribution in [0.3, 0.4) is 0 Å². The molecule has 98 valence electrons. The van der Waals surface area contributed by atoms with Crippen molar-refractivity contribution in [3.63, 3.8) is 0 Å². The molecule has 1 fully saturated rings. The van der Waals surface area contributed by atoms with Crippen LogP contribution in [0.15, 0.2) is 18.2 Å². The molecule has 0 spiro atoms. The minimum Gasteiger partial charge on any atom is -0.493 e. The van der Waals surface area contributed by atoms with Crippen molar-refractivity contribution >= 4 is 0 Å². The van der Waals surface area contributed by atoms with Gasteiger partial charge in [0.05, 0.1) is 19.8 Å². The maximum absolute atomic E-state index is 5.97. The van der Waals surface area contributed by atoms with E-state index in [0.29, 0.717) is 12.6 Å². The van der Waals surface area contributed by atoms with Crippen LogP contribution in [0.25, 0.3) is 0 Å². The summed E-state index contributed by atoms with van der Waals surface area (Å²) in [7, 11) is 0. The molecule has 0 amide bonds. The van der Waals surface area contributed by atoms with Gasteiger partial charge in [0.25, 0.3) is 0 Å². The van der Waals surface area contributed by atoms with Gasteiger partial charge in [-0.2, -0.15) is 0 Å². The van der Waals surface area contributed by atoms with Gasteiger partial charge >= 0.3 is 0 Å². The first-order valence-electron chi connectivity index (χ1n) is 6.66. The number of benzene rings is 1. The summed E-state index contributed by atoms with van der Waals surface area (Å²) >= 11 is 0. The largest absolute Gasteiger partial charge is 0.493 e. The molecule has 0 bridgehead atoms. The summed E-state index contributed by atoms with van der Waals surface area (Å²) in [6.07, 6.45) is 1.02. The highest BCUT2D eigenvalue weighted by Gasteiger charge is 2.23. The van der Waals surface area contributed by atoms with Crippen LogP contribution in [0.2, 0.25) is 0 Å². The maximum Gasteiger partial charge on any atom is 0.122 e. The van der Waals surface area contributed by atoms with Crippen molar-refractivity contribution in [2.24, 2.45) is 5.73 Å². The lowest BCUT2D eigenvalue weighted by Crippen LogP contribution is -2.41. The number of rotatable bonds is 3. The third-order valence-corrected chi connectivity index (χ3v) is 3.81. The van der Waals surface area contributed by atoms with Gasteiger partial charge in [0.1, 0.15) is 5.75 Å². The standard InChI is InChI=1S/C14H20N2O2/c15-10-13(16-4-7-17-8-5-16)11-1-2-14-12(9-11)3-6-18-14/h1-2,9,13H,3-8,10,15H2/t13-/m1/s1. The van der Waals surface area contributed by atoms with E-state index in [1.807, 2.05) is 0 Å². The summed E-state index contributed by atoms with van der Waals surface area (Å²) in [6, 6.07) is 6.80. The van der Waals surface area contributed by atoms with Gasteiger partial charge in [-0.05, 0) is 17.2 Å². The Morgan fingerprint density at radius 1 is 1.22 bits per heavy atom. The molecule has 1 atom stereocenters. The molecule has 2 N–H and O–H groups in total. The van der Waals surface area contributed by atoms with Gasteiger partial charge in [0.15, 0.2) is 0 Å². The molecule has 1 aromatic carbocycles. The molecule has 2 heterocycles. The summed E-state index contributed by atoms with van der Waals surface area (Å²) in [5.41, 5.74) is 8.59. The van der Waals surface area contributed by atoms with E-state index in [1.165, 1.54) is 11.1 Å². The lowest BCUT2D eigenvalue weighted by atomic mass is 10.0. The van der Waals surface area contributed by atoms with Crippen molar-refractivity contribution < 1.29 is 9.47 Å². The predicted octanol–water partition coefficient (Wildman–Crippen LogP) is 0.954. The minimum absolute atomic E-state index is 0.305. The van der Waals surface area contributed by atoms with E-state index in [4.69, 9.17) is 15.2 Å². The van der Waals surface area contributed by atoms with E-state index < -0.39 is 0 Å². The number of fused-ring (bicyclic) bond motifs is 1. The Morgan fingerprint density at radius 3 is 2.83 bits per heavy atom. The van der Waals surface area contributed by atoms with Crippen molar-refractivity contribution in [1.29, 1.82) is 0 Å². The number of ether oxygens (including phenoxy) is 2. The van der Waals surface area contributed by atoms with E-state index >= 15 is 0 Å². The first-order valence-corrected chi connectivity index (χ1v) is 6.66. The molecular weight excluding hydrogens is 228 g/mol. The van der Waals surface area contributed by atoms with Gasteiger partial charge < -0.3 is 15.2 Å². The Kier molecular flexibility index (Phi) is 3.50. The molecule has 4 nitrogen and oxygen atoms in total. The second-order valence-electron chi connectivity index (χ2n) is 4.87. The van der Waals surface area contributed by atoms with E-state index in [9.17, 15) is 0 Å². The van der Waals surface area contributed by atoms with Crippen LogP contribution in [0.4, 0.5) is 0 Å². The van der Waals surface area contributed by atoms with Crippen LogP contribution in [0.5, 0.6) is 5.75 Å². The molecule has 18 heavy (non-hydrogen) atoms. The number of nitrogens with zero attached hydrogens (tertiary/aromatic N) is 1. The quantitative estimate of drug-likeness (QED) is 0.865. The Balaban J connectivity index is 1.82. The highest BCUT2D eigenvalue weighted by molar-refractivity contribution is 5.40. The molecule has 0 aliphatic carbocycles. The normalized spacial score (nSPS) is 21.4. The van der Waals surface area contributed by atoms with Crippen LogP contribution in [-0.4, -0.2) is 44.4 Å². The van der Waals surface area contributed by atoms with Crippen molar-refractivity contribution in [1.82, 2.24) is 4.90 Å². The summed E-state index contributed by atoms with van der Waals surface area (Å²) < 4.78 is 10.9. The summed E-state index contributed by atoms with van der Waals surface area (Å²) in [4.78, 5) is 2.42. The van der Waals surface area contributed by atoms with Gasteiger partial charge in [-0.15, -0.1) is 0 Å². The van der Waals surface area contributed by atoms with Crippen LogP contribution >= 0.6 is 0 Å². The molecule has 1 aromatic rings. The van der Waals surface area contributed by atoms with E-state index in [0.717, 1.165) is 45.1 Å². The predicted molar refractivity (Wildman–Crippen MR) is 69.8 cm³/mol. The average molecular weight is 248 g/mol. The fourth-order valence-electron chi connectivity index (χ4n) is 2.80. The molecule has 0 aromatic heterocycles. The summed E-state index contributed by atoms with van der Waals surface area (Å²) in [5.74, 6) is 1.04. The van der Waals surface area contributed by atoms with Crippen LogP contribution < -0.4 is 10.5 Å². The third-order valence-electron chi connectivity index (χ3n) is 3.81. The topological polar surface area (TPSA) is 47.7 Å². The molecule has 1 saturated heterocycles. The van der Waals surface area contributed by atoms with E-state index in [2.05, 4.69) is 23.1 Å². The lowest BCUT2D eigenvalue weighted by Gasteiger charge is -2.34. The Labute approximate surface area is 108 Å². The van der Waals surface area contributed by atoms with Crippen molar-refractivity contribution in [3.8, 4) is 5.75 Å². The van der Waals surface area contributed by atoms with Gasteiger partial charge in [0, 0.05) is 32.1 Å². The highest BCUT2D eigenvalue weighted by Crippen LogP contribution is 2.30. The minimum atomic E-state index is 0.305. The van der Waals surface area contributed by atoms with Crippen molar-refractivity contribution in [2.75, 3.05) is 39.5 Å². The molecule has 2 aliphatic heterocycles. The highest BCUT2D eigenvalue weighted by atomic mass is 16.5. The molecule has 0 unspecified atom stereocenters. The first-order chi connectivity index (χ1) is 8.88. The Hall–Kier alpha value is -1.10. The smallest absolute Gasteiger partial charge is 0.122 e. The Bertz CT molecular complexity index is 416. The lowest BCUT2D eigenvalue weighted by molar-refractivity contribution is 0.0179. The fraction of sp³-hybridized carbons (Fsp3) is 0.571. The summed E-state index contributed by atoms with van der Waals surface area (Å²) in [5, 5.41) is 0. The zero-order chi connectivity index (χ0) is 12.4. The first kappa shape index (κ1) is 12.0. The zero-order valence-corrected chi connectivity index (χ0v) is 10.6. The van der Waals surface area contributed by atoms with Crippen LogP contribution in [0, 0.1) is 0 Å². The number of morpholine rings is 1. The van der Waals surface area contributed by atoms with Crippen molar-refractivity contribution in [2.45, 2.75) is 12.5 Å². The van der Waals surface area contributed by atoms with Crippen molar-refractivity contribution in [3.05, 3.63) is 29.3 Å². The summed E-state index contributed by atoms with van der Waals surface area (Å²) in [6.45, 7) is 5.02. The average Bonchev–Trinajstić information content (AvgIpc) is 2.88. The fourth-order valence-corrected chi connectivity index (χ4v) is 2.80. The molecule has 3 rings (SSSR count). The second kappa shape index (κ2) is 5.26.